The highest BCUT2D eigenvalue weighted by atomic mass is 15.1. The third-order valence-electron chi connectivity index (χ3n) is 3.42. The number of fused-ring (bicyclic) bond motifs is 2. The minimum absolute atomic E-state index is 0.876. The van der Waals surface area contributed by atoms with Crippen molar-refractivity contribution in [3.05, 3.63) is 54.4 Å². The van der Waals surface area contributed by atoms with Crippen molar-refractivity contribution in [2.75, 3.05) is 0 Å². The van der Waals surface area contributed by atoms with Crippen LogP contribution in [0.15, 0.2) is 48.8 Å². The van der Waals surface area contributed by atoms with Gasteiger partial charge in [-0.1, -0.05) is 23.8 Å². The maximum atomic E-state index is 4.71. The Kier molecular flexibility index (Phi) is 2.29. The fourth-order valence-corrected chi connectivity index (χ4v) is 2.39. The minimum Gasteiger partial charge on any atom is -0.278 e. The van der Waals surface area contributed by atoms with Gasteiger partial charge in [0.1, 0.15) is 0 Å². The molecule has 0 bridgehead atoms. The highest BCUT2D eigenvalue weighted by molar-refractivity contribution is 5.92. The summed E-state index contributed by atoms with van der Waals surface area (Å²) in [5.74, 6) is 0. The predicted molar refractivity (Wildman–Crippen MR) is 79.4 cm³/mol. The molecule has 1 N–H and O–H groups in total. The number of rotatable bonds is 1. The number of hydrogen-bond acceptors (Lipinski definition) is 3. The van der Waals surface area contributed by atoms with E-state index < -0.39 is 0 Å². The molecule has 20 heavy (non-hydrogen) atoms. The highest BCUT2D eigenvalue weighted by Gasteiger charge is 2.05. The Balaban J connectivity index is 1.95. The zero-order valence-corrected chi connectivity index (χ0v) is 11.0. The van der Waals surface area contributed by atoms with E-state index in [1.54, 1.807) is 6.20 Å². The van der Waals surface area contributed by atoms with Crippen LogP contribution in [-0.2, 0) is 0 Å². The van der Waals surface area contributed by atoms with Gasteiger partial charge in [0.15, 0.2) is 0 Å². The number of aromatic nitrogens is 4. The lowest BCUT2D eigenvalue weighted by molar-refractivity contribution is 1.12. The number of hydrogen-bond donors (Lipinski definition) is 1. The van der Waals surface area contributed by atoms with Crippen LogP contribution in [0.2, 0.25) is 0 Å². The number of aryl methyl sites for hydroxylation is 1. The Hall–Kier alpha value is -2.75. The van der Waals surface area contributed by atoms with Crippen LogP contribution in [0.5, 0.6) is 0 Å². The molecule has 0 atom stereocenters. The second kappa shape index (κ2) is 4.13. The predicted octanol–water partition coefficient (Wildman–Crippen LogP) is 3.48. The van der Waals surface area contributed by atoms with Crippen LogP contribution in [0.4, 0.5) is 0 Å². The first-order valence-electron chi connectivity index (χ1n) is 6.46. The van der Waals surface area contributed by atoms with E-state index in [4.69, 9.17) is 4.98 Å². The lowest BCUT2D eigenvalue weighted by atomic mass is 10.1. The van der Waals surface area contributed by atoms with Gasteiger partial charge in [0.2, 0.25) is 0 Å². The van der Waals surface area contributed by atoms with Gasteiger partial charge < -0.3 is 0 Å². The number of aromatic amines is 1. The zero-order chi connectivity index (χ0) is 13.5. The van der Waals surface area contributed by atoms with Crippen molar-refractivity contribution in [2.24, 2.45) is 0 Å². The molecule has 2 aromatic heterocycles. The number of benzene rings is 2. The molecule has 0 aliphatic rings. The molecule has 2 aromatic carbocycles. The summed E-state index contributed by atoms with van der Waals surface area (Å²) < 4.78 is 0. The average molecular weight is 260 g/mol. The van der Waals surface area contributed by atoms with E-state index in [-0.39, 0.29) is 0 Å². The van der Waals surface area contributed by atoms with Crippen LogP contribution in [0, 0.1) is 6.92 Å². The van der Waals surface area contributed by atoms with E-state index in [0.29, 0.717) is 0 Å². The van der Waals surface area contributed by atoms with Crippen LogP contribution in [0.1, 0.15) is 5.56 Å². The van der Waals surface area contributed by atoms with E-state index >= 15 is 0 Å². The fourth-order valence-electron chi connectivity index (χ4n) is 2.39. The van der Waals surface area contributed by atoms with Crippen molar-refractivity contribution in [1.29, 1.82) is 0 Å². The standard InChI is InChI=1S/C16H12N4/c1-10-3-2-4-11(5-10)16-9-17-14-6-12-8-18-20-13(12)7-15(14)19-16/h2-9H,1H3,(H,18,20). The first kappa shape index (κ1) is 11.1. The molecule has 0 aliphatic carbocycles. The largest absolute Gasteiger partial charge is 0.278 e. The molecular formula is C16H12N4. The van der Waals surface area contributed by atoms with Gasteiger partial charge in [-0.25, -0.2) is 4.98 Å². The summed E-state index contributed by atoms with van der Waals surface area (Å²) in [5, 5.41) is 8.05. The molecule has 0 aliphatic heterocycles. The lowest BCUT2D eigenvalue weighted by Gasteiger charge is -2.04. The quantitative estimate of drug-likeness (QED) is 0.570. The molecular weight excluding hydrogens is 248 g/mol. The molecule has 0 spiro atoms. The van der Waals surface area contributed by atoms with E-state index in [1.165, 1.54) is 5.56 Å². The molecule has 4 heteroatoms. The molecule has 0 amide bonds. The molecule has 96 valence electrons. The second-order valence-electron chi connectivity index (χ2n) is 4.92. The van der Waals surface area contributed by atoms with Crippen molar-refractivity contribution in [1.82, 2.24) is 20.2 Å². The molecule has 4 nitrogen and oxygen atoms in total. The van der Waals surface area contributed by atoms with Crippen LogP contribution >= 0.6 is 0 Å². The van der Waals surface area contributed by atoms with Crippen molar-refractivity contribution < 1.29 is 0 Å². The van der Waals surface area contributed by atoms with E-state index in [0.717, 1.165) is 33.2 Å². The molecule has 4 aromatic rings. The van der Waals surface area contributed by atoms with E-state index in [9.17, 15) is 0 Å². The molecule has 0 unspecified atom stereocenters. The normalized spacial score (nSPS) is 11.2. The first-order valence-corrected chi connectivity index (χ1v) is 6.46. The van der Waals surface area contributed by atoms with Crippen molar-refractivity contribution in [3.63, 3.8) is 0 Å². The third kappa shape index (κ3) is 1.73. The van der Waals surface area contributed by atoms with Crippen molar-refractivity contribution >= 4 is 21.9 Å². The topological polar surface area (TPSA) is 54.5 Å². The van der Waals surface area contributed by atoms with Gasteiger partial charge in [-0.2, -0.15) is 5.10 Å². The Morgan fingerprint density at radius 1 is 1.00 bits per heavy atom. The Labute approximate surface area is 115 Å². The van der Waals surface area contributed by atoms with Gasteiger partial charge in [-0.15, -0.1) is 0 Å². The average Bonchev–Trinajstić information content (AvgIpc) is 2.91. The van der Waals surface area contributed by atoms with E-state index in [2.05, 4.69) is 40.3 Å². The summed E-state index contributed by atoms with van der Waals surface area (Å²) >= 11 is 0. The Morgan fingerprint density at radius 2 is 1.95 bits per heavy atom. The summed E-state index contributed by atoms with van der Waals surface area (Å²) in [5.41, 5.74) is 5.93. The first-order chi connectivity index (χ1) is 9.79. The lowest BCUT2D eigenvalue weighted by Crippen LogP contribution is -1.89. The van der Waals surface area contributed by atoms with Crippen LogP contribution in [-0.4, -0.2) is 20.2 Å². The molecule has 0 radical (unpaired) electrons. The maximum Gasteiger partial charge on any atom is 0.0916 e. The van der Waals surface area contributed by atoms with Crippen molar-refractivity contribution in [3.8, 4) is 11.3 Å². The second-order valence-corrected chi connectivity index (χ2v) is 4.92. The molecule has 0 fully saturated rings. The summed E-state index contributed by atoms with van der Waals surface area (Å²) in [6, 6.07) is 12.3. The summed E-state index contributed by atoms with van der Waals surface area (Å²) in [7, 11) is 0. The molecule has 0 saturated carbocycles. The summed E-state index contributed by atoms with van der Waals surface area (Å²) in [6.07, 6.45) is 3.62. The smallest absolute Gasteiger partial charge is 0.0916 e. The molecule has 0 saturated heterocycles. The van der Waals surface area contributed by atoms with Crippen LogP contribution < -0.4 is 0 Å². The zero-order valence-electron chi connectivity index (χ0n) is 11.0. The Morgan fingerprint density at radius 3 is 2.85 bits per heavy atom. The van der Waals surface area contributed by atoms with Gasteiger partial charge in [0.25, 0.3) is 0 Å². The van der Waals surface area contributed by atoms with Gasteiger partial charge in [0, 0.05) is 10.9 Å². The van der Waals surface area contributed by atoms with Gasteiger partial charge in [0.05, 0.1) is 34.6 Å². The van der Waals surface area contributed by atoms with Gasteiger partial charge >= 0.3 is 0 Å². The number of nitrogens with zero attached hydrogens (tertiary/aromatic N) is 3. The SMILES string of the molecule is Cc1cccc(-c2cnc3cc4cn[nH]c4cc3n2)c1. The fraction of sp³-hybridized carbons (Fsp3) is 0.0625. The van der Waals surface area contributed by atoms with Gasteiger partial charge in [-0.05, 0) is 25.1 Å². The van der Waals surface area contributed by atoms with Crippen LogP contribution in [0.25, 0.3) is 33.2 Å². The number of H-pyrrole nitrogens is 1. The number of nitrogens with one attached hydrogen (secondary N) is 1. The molecule has 4 rings (SSSR count). The summed E-state index contributed by atoms with van der Waals surface area (Å²) in [6.45, 7) is 2.08. The van der Waals surface area contributed by atoms with Gasteiger partial charge in [-0.3, -0.25) is 10.1 Å². The maximum absolute atomic E-state index is 4.71. The van der Waals surface area contributed by atoms with Crippen molar-refractivity contribution in [2.45, 2.75) is 6.92 Å². The molecule has 2 heterocycles. The van der Waals surface area contributed by atoms with E-state index in [1.807, 2.05) is 24.4 Å². The summed E-state index contributed by atoms with van der Waals surface area (Å²) in [4.78, 5) is 9.22. The Bertz CT molecular complexity index is 924. The minimum atomic E-state index is 0.876. The monoisotopic (exact) mass is 260 g/mol. The van der Waals surface area contributed by atoms with Crippen LogP contribution in [0.3, 0.4) is 0 Å². The highest BCUT2D eigenvalue weighted by Crippen LogP contribution is 2.22. The third-order valence-corrected chi connectivity index (χ3v) is 3.42.